The molecule has 110 valence electrons. The van der Waals surface area contributed by atoms with Gasteiger partial charge in [-0.3, -0.25) is 0 Å². The minimum absolute atomic E-state index is 0.468. The summed E-state index contributed by atoms with van der Waals surface area (Å²) in [6, 6.07) is 8.14. The summed E-state index contributed by atoms with van der Waals surface area (Å²) in [5, 5.41) is 0. The molecule has 20 heavy (non-hydrogen) atoms. The normalized spacial score (nSPS) is 25.4. The summed E-state index contributed by atoms with van der Waals surface area (Å²) in [5.41, 5.74) is 2.43. The average Bonchev–Trinajstić information content (AvgIpc) is 2.46. The predicted molar refractivity (Wildman–Crippen MR) is 79.4 cm³/mol. The highest BCUT2D eigenvalue weighted by molar-refractivity contribution is 7.86. The summed E-state index contributed by atoms with van der Waals surface area (Å²) in [4.78, 5) is 0. The smallest absolute Gasteiger partial charge is 0.195 e. The summed E-state index contributed by atoms with van der Waals surface area (Å²) in [7, 11) is -3.29. The molecule has 5 heteroatoms. The maximum atomic E-state index is 12.7. The van der Waals surface area contributed by atoms with Crippen molar-refractivity contribution in [2.24, 2.45) is 5.92 Å². The molecule has 1 saturated heterocycles. The van der Waals surface area contributed by atoms with Crippen molar-refractivity contribution in [1.82, 2.24) is 8.61 Å². The Kier molecular flexibility index (Phi) is 3.84. The molecule has 3 rings (SSSR count). The first-order valence-corrected chi connectivity index (χ1v) is 8.79. The van der Waals surface area contributed by atoms with Gasteiger partial charge < -0.3 is 0 Å². The molecule has 4 nitrogen and oxygen atoms in total. The Balaban J connectivity index is 1.79. The minimum Gasteiger partial charge on any atom is -0.195 e. The van der Waals surface area contributed by atoms with E-state index in [1.807, 2.05) is 18.2 Å². The highest BCUT2D eigenvalue weighted by atomic mass is 32.2. The quantitative estimate of drug-likeness (QED) is 0.837. The molecular formula is C15H22N2O2S. The van der Waals surface area contributed by atoms with Crippen molar-refractivity contribution < 1.29 is 8.42 Å². The van der Waals surface area contributed by atoms with Gasteiger partial charge in [-0.25, -0.2) is 0 Å². The van der Waals surface area contributed by atoms with Crippen LogP contribution < -0.4 is 0 Å². The summed E-state index contributed by atoms with van der Waals surface area (Å²) in [5.74, 6) is 0.468. The van der Waals surface area contributed by atoms with E-state index >= 15 is 0 Å². The highest BCUT2D eigenvalue weighted by Gasteiger charge is 2.34. The highest BCUT2D eigenvalue weighted by Crippen LogP contribution is 2.25. The van der Waals surface area contributed by atoms with E-state index < -0.39 is 10.2 Å². The number of piperidine rings is 1. The van der Waals surface area contributed by atoms with Crippen LogP contribution in [0, 0.1) is 5.92 Å². The van der Waals surface area contributed by atoms with E-state index in [9.17, 15) is 8.42 Å². The second kappa shape index (κ2) is 5.47. The van der Waals surface area contributed by atoms with Crippen LogP contribution >= 0.6 is 0 Å². The lowest BCUT2D eigenvalue weighted by Gasteiger charge is -2.36. The first-order valence-electron chi connectivity index (χ1n) is 7.39. The Morgan fingerprint density at radius 3 is 2.60 bits per heavy atom. The van der Waals surface area contributed by atoms with Crippen molar-refractivity contribution >= 4 is 10.2 Å². The molecule has 2 aliphatic rings. The second-order valence-corrected chi connectivity index (χ2v) is 7.89. The Morgan fingerprint density at radius 2 is 1.85 bits per heavy atom. The molecule has 0 aliphatic carbocycles. The van der Waals surface area contributed by atoms with E-state index in [1.165, 1.54) is 5.56 Å². The van der Waals surface area contributed by atoms with Crippen molar-refractivity contribution in [3.8, 4) is 0 Å². The van der Waals surface area contributed by atoms with Gasteiger partial charge in [0, 0.05) is 26.2 Å². The largest absolute Gasteiger partial charge is 0.282 e. The van der Waals surface area contributed by atoms with Crippen molar-refractivity contribution in [1.29, 1.82) is 0 Å². The van der Waals surface area contributed by atoms with Gasteiger partial charge in [0.25, 0.3) is 10.2 Å². The van der Waals surface area contributed by atoms with E-state index in [1.54, 1.807) is 8.61 Å². The molecule has 0 aromatic heterocycles. The molecule has 2 aliphatic heterocycles. The number of benzene rings is 1. The fraction of sp³-hybridized carbons (Fsp3) is 0.600. The number of rotatable bonds is 2. The van der Waals surface area contributed by atoms with E-state index in [0.717, 1.165) is 24.8 Å². The van der Waals surface area contributed by atoms with Gasteiger partial charge in [0.1, 0.15) is 0 Å². The third-order valence-electron chi connectivity index (χ3n) is 4.37. The van der Waals surface area contributed by atoms with Gasteiger partial charge in [0.15, 0.2) is 0 Å². The average molecular weight is 294 g/mol. The van der Waals surface area contributed by atoms with Crippen LogP contribution in [0.2, 0.25) is 0 Å². The molecule has 1 atom stereocenters. The molecule has 0 radical (unpaired) electrons. The maximum Gasteiger partial charge on any atom is 0.282 e. The first kappa shape index (κ1) is 14.0. The van der Waals surface area contributed by atoms with Crippen molar-refractivity contribution in [2.45, 2.75) is 32.7 Å². The van der Waals surface area contributed by atoms with E-state index in [2.05, 4.69) is 13.0 Å². The van der Waals surface area contributed by atoms with Crippen LogP contribution in [-0.4, -0.2) is 36.7 Å². The molecule has 0 bridgehead atoms. The topological polar surface area (TPSA) is 40.6 Å². The maximum absolute atomic E-state index is 12.7. The minimum atomic E-state index is -3.29. The van der Waals surface area contributed by atoms with E-state index in [4.69, 9.17) is 0 Å². The third-order valence-corrected chi connectivity index (χ3v) is 6.32. The van der Waals surface area contributed by atoms with Gasteiger partial charge in [-0.05, 0) is 36.3 Å². The fourth-order valence-corrected chi connectivity index (χ4v) is 4.94. The molecule has 1 aromatic carbocycles. The number of fused-ring (bicyclic) bond motifs is 1. The van der Waals surface area contributed by atoms with Crippen LogP contribution in [0.3, 0.4) is 0 Å². The van der Waals surface area contributed by atoms with Crippen LogP contribution in [0.25, 0.3) is 0 Å². The fourth-order valence-electron chi connectivity index (χ4n) is 3.19. The standard InChI is InChI=1S/C15H22N2O2S/c1-13-5-4-9-16(11-13)20(18,19)17-10-8-14-6-2-3-7-15(14)12-17/h2-3,6-7,13H,4-5,8-12H2,1H3. The Hall–Kier alpha value is -0.910. The van der Waals surface area contributed by atoms with Crippen molar-refractivity contribution in [2.75, 3.05) is 19.6 Å². The molecule has 1 fully saturated rings. The Morgan fingerprint density at radius 1 is 1.10 bits per heavy atom. The first-order chi connectivity index (χ1) is 9.57. The molecule has 1 unspecified atom stereocenters. The van der Waals surface area contributed by atoms with Crippen molar-refractivity contribution in [3.05, 3.63) is 35.4 Å². The lowest BCUT2D eigenvalue weighted by Crippen LogP contribution is -2.49. The van der Waals surface area contributed by atoms with Gasteiger partial charge in [0.05, 0.1) is 0 Å². The van der Waals surface area contributed by atoms with Crippen LogP contribution in [0.15, 0.2) is 24.3 Å². The molecule has 0 saturated carbocycles. The summed E-state index contributed by atoms with van der Waals surface area (Å²) in [6.45, 7) is 4.59. The monoisotopic (exact) mass is 294 g/mol. The lowest BCUT2D eigenvalue weighted by atomic mass is 10.0. The number of hydrogen-bond donors (Lipinski definition) is 0. The van der Waals surface area contributed by atoms with Crippen LogP contribution in [0.1, 0.15) is 30.9 Å². The Bertz CT molecular complexity index is 585. The van der Waals surface area contributed by atoms with Gasteiger partial charge >= 0.3 is 0 Å². The lowest BCUT2D eigenvalue weighted by molar-refractivity contribution is 0.253. The second-order valence-electron chi connectivity index (χ2n) is 5.97. The zero-order chi connectivity index (χ0) is 14.2. The Labute approximate surface area is 121 Å². The van der Waals surface area contributed by atoms with Gasteiger partial charge in [0.2, 0.25) is 0 Å². The predicted octanol–water partition coefficient (Wildman–Crippen LogP) is 2.02. The summed E-state index contributed by atoms with van der Waals surface area (Å²) < 4.78 is 28.8. The zero-order valence-corrected chi connectivity index (χ0v) is 12.8. The molecule has 0 N–H and O–H groups in total. The van der Waals surface area contributed by atoms with Gasteiger partial charge in [-0.15, -0.1) is 0 Å². The zero-order valence-electron chi connectivity index (χ0n) is 12.0. The summed E-state index contributed by atoms with van der Waals surface area (Å²) >= 11 is 0. The van der Waals surface area contributed by atoms with Crippen LogP contribution in [0.5, 0.6) is 0 Å². The van der Waals surface area contributed by atoms with Gasteiger partial charge in [-0.1, -0.05) is 31.2 Å². The third kappa shape index (κ3) is 2.62. The van der Waals surface area contributed by atoms with Gasteiger partial charge in [-0.2, -0.15) is 17.0 Å². The van der Waals surface area contributed by atoms with E-state index in [0.29, 0.717) is 32.1 Å². The molecule has 0 spiro atoms. The molecule has 0 amide bonds. The molecular weight excluding hydrogens is 272 g/mol. The SMILES string of the molecule is CC1CCCN(S(=O)(=O)N2CCc3ccccc3C2)C1. The number of hydrogen-bond acceptors (Lipinski definition) is 2. The van der Waals surface area contributed by atoms with Crippen molar-refractivity contribution in [3.63, 3.8) is 0 Å². The van der Waals surface area contributed by atoms with Crippen LogP contribution in [-0.2, 0) is 23.2 Å². The van der Waals surface area contributed by atoms with E-state index in [-0.39, 0.29) is 0 Å². The molecule has 1 aromatic rings. The summed E-state index contributed by atoms with van der Waals surface area (Å²) in [6.07, 6.45) is 2.93. The number of nitrogens with zero attached hydrogens (tertiary/aromatic N) is 2. The van der Waals surface area contributed by atoms with Crippen LogP contribution in [0.4, 0.5) is 0 Å². The molecule has 2 heterocycles.